The standard InChI is InChI=1S/C20H33N3O2S/c1-18(2,3)16-21-15(13-26-16)12-23-11-9-20(23)8-7-10-22(14-20)17(24)25-19(4,5)6/h13H,7-12,14H2,1-6H3/t20-/m1/s1. The largest absolute Gasteiger partial charge is 0.444 e. The Labute approximate surface area is 161 Å². The lowest BCUT2D eigenvalue weighted by Gasteiger charge is -2.56. The number of aromatic nitrogens is 1. The Balaban J connectivity index is 1.64. The van der Waals surface area contributed by atoms with Crippen molar-refractivity contribution in [1.82, 2.24) is 14.8 Å². The minimum absolute atomic E-state index is 0.105. The monoisotopic (exact) mass is 379 g/mol. The van der Waals surface area contributed by atoms with Gasteiger partial charge in [-0.1, -0.05) is 20.8 Å². The van der Waals surface area contributed by atoms with Gasteiger partial charge in [-0.3, -0.25) is 4.90 Å². The molecule has 0 aromatic carbocycles. The Bertz CT molecular complexity index is 659. The third-order valence-electron chi connectivity index (χ3n) is 5.27. The van der Waals surface area contributed by atoms with Gasteiger partial charge in [0.15, 0.2) is 0 Å². The van der Waals surface area contributed by atoms with E-state index in [-0.39, 0.29) is 17.0 Å². The van der Waals surface area contributed by atoms with E-state index in [1.165, 1.54) is 5.01 Å². The molecule has 1 atom stereocenters. The maximum atomic E-state index is 12.5. The van der Waals surface area contributed by atoms with E-state index in [1.807, 2.05) is 25.7 Å². The molecule has 0 N–H and O–H groups in total. The van der Waals surface area contributed by atoms with Crippen molar-refractivity contribution >= 4 is 17.4 Å². The van der Waals surface area contributed by atoms with Gasteiger partial charge in [-0.25, -0.2) is 9.78 Å². The molecule has 146 valence electrons. The Morgan fingerprint density at radius 3 is 2.50 bits per heavy atom. The smallest absolute Gasteiger partial charge is 0.410 e. The minimum atomic E-state index is -0.440. The second-order valence-corrected chi connectivity index (χ2v) is 10.7. The van der Waals surface area contributed by atoms with Crippen molar-refractivity contribution in [2.24, 2.45) is 0 Å². The quantitative estimate of drug-likeness (QED) is 0.763. The molecule has 1 aromatic heterocycles. The van der Waals surface area contributed by atoms with E-state index in [9.17, 15) is 4.79 Å². The number of hydrogen-bond donors (Lipinski definition) is 0. The van der Waals surface area contributed by atoms with Gasteiger partial charge in [0.1, 0.15) is 5.60 Å². The maximum absolute atomic E-state index is 12.5. The third kappa shape index (κ3) is 4.22. The average Bonchev–Trinajstić information content (AvgIpc) is 2.99. The first-order chi connectivity index (χ1) is 12.0. The Morgan fingerprint density at radius 1 is 1.23 bits per heavy atom. The van der Waals surface area contributed by atoms with Crippen molar-refractivity contribution in [3.8, 4) is 0 Å². The van der Waals surface area contributed by atoms with Crippen LogP contribution in [0.5, 0.6) is 0 Å². The van der Waals surface area contributed by atoms with Gasteiger partial charge < -0.3 is 9.64 Å². The van der Waals surface area contributed by atoms with Crippen molar-refractivity contribution in [1.29, 1.82) is 0 Å². The summed E-state index contributed by atoms with van der Waals surface area (Å²) in [5.41, 5.74) is 0.938. The molecule has 3 rings (SSSR count). The van der Waals surface area contributed by atoms with E-state index in [4.69, 9.17) is 9.72 Å². The van der Waals surface area contributed by atoms with Crippen LogP contribution in [0, 0.1) is 0 Å². The third-order valence-corrected chi connectivity index (χ3v) is 6.59. The van der Waals surface area contributed by atoms with Crippen molar-refractivity contribution in [3.05, 3.63) is 16.1 Å². The van der Waals surface area contributed by atoms with Crippen LogP contribution < -0.4 is 0 Å². The Hall–Kier alpha value is -1.14. The van der Waals surface area contributed by atoms with Crippen LogP contribution in [-0.2, 0) is 16.7 Å². The summed E-state index contributed by atoms with van der Waals surface area (Å²) in [6.45, 7) is 16.0. The molecule has 1 spiro atoms. The molecule has 2 aliphatic heterocycles. The fraction of sp³-hybridized carbons (Fsp3) is 0.800. The lowest BCUT2D eigenvalue weighted by molar-refractivity contribution is -0.0749. The molecular weight excluding hydrogens is 346 g/mol. The minimum Gasteiger partial charge on any atom is -0.444 e. The number of carbonyl (C=O) groups is 1. The summed E-state index contributed by atoms with van der Waals surface area (Å²) in [7, 11) is 0. The number of ether oxygens (including phenoxy) is 1. The van der Waals surface area contributed by atoms with E-state index in [0.717, 1.165) is 51.1 Å². The molecule has 0 saturated carbocycles. The van der Waals surface area contributed by atoms with Gasteiger partial charge in [0.2, 0.25) is 0 Å². The fourth-order valence-electron chi connectivity index (χ4n) is 3.81. The summed E-state index contributed by atoms with van der Waals surface area (Å²) >= 11 is 1.76. The molecule has 2 saturated heterocycles. The summed E-state index contributed by atoms with van der Waals surface area (Å²) in [6, 6.07) is 0. The van der Waals surface area contributed by atoms with Crippen molar-refractivity contribution < 1.29 is 9.53 Å². The predicted molar refractivity (Wildman–Crippen MR) is 106 cm³/mol. The van der Waals surface area contributed by atoms with E-state index >= 15 is 0 Å². The predicted octanol–water partition coefficient (Wildman–Crippen LogP) is 4.42. The number of amides is 1. The molecule has 1 amide bonds. The van der Waals surface area contributed by atoms with Gasteiger partial charge in [0, 0.05) is 42.5 Å². The molecule has 1 aromatic rings. The van der Waals surface area contributed by atoms with E-state index < -0.39 is 5.60 Å². The van der Waals surface area contributed by atoms with E-state index in [2.05, 4.69) is 31.1 Å². The number of likely N-dealkylation sites (tertiary alicyclic amines) is 2. The van der Waals surface area contributed by atoms with Crippen LogP contribution in [0.25, 0.3) is 0 Å². The fourth-order valence-corrected chi connectivity index (χ4v) is 4.71. The molecule has 2 aliphatic rings. The van der Waals surface area contributed by atoms with Crippen molar-refractivity contribution in [2.75, 3.05) is 19.6 Å². The zero-order chi connectivity index (χ0) is 19.2. The molecule has 26 heavy (non-hydrogen) atoms. The van der Waals surface area contributed by atoms with Gasteiger partial charge in [-0.15, -0.1) is 11.3 Å². The van der Waals surface area contributed by atoms with Crippen molar-refractivity contribution in [2.45, 2.75) is 83.9 Å². The summed E-state index contributed by atoms with van der Waals surface area (Å²) < 4.78 is 5.59. The zero-order valence-electron chi connectivity index (χ0n) is 17.1. The van der Waals surface area contributed by atoms with Crippen LogP contribution in [-0.4, -0.2) is 51.7 Å². The van der Waals surface area contributed by atoms with Crippen molar-refractivity contribution in [3.63, 3.8) is 0 Å². The van der Waals surface area contributed by atoms with Gasteiger partial charge in [-0.05, 0) is 40.0 Å². The summed E-state index contributed by atoms with van der Waals surface area (Å²) in [6.07, 6.45) is 3.18. The van der Waals surface area contributed by atoms with Crippen LogP contribution in [0.4, 0.5) is 4.79 Å². The maximum Gasteiger partial charge on any atom is 0.410 e. The number of thiazole rings is 1. The first-order valence-corrected chi connectivity index (χ1v) is 10.5. The zero-order valence-corrected chi connectivity index (χ0v) is 17.9. The number of hydrogen-bond acceptors (Lipinski definition) is 5. The first-order valence-electron chi connectivity index (χ1n) is 9.66. The molecule has 3 heterocycles. The SMILES string of the molecule is CC(C)(C)OC(=O)N1CCC[C@@]2(CCN2Cc2csc(C(C)(C)C)n2)C1. The van der Waals surface area contributed by atoms with Gasteiger partial charge in [-0.2, -0.15) is 0 Å². The molecule has 6 heteroatoms. The van der Waals surface area contributed by atoms with Gasteiger partial charge >= 0.3 is 6.09 Å². The topological polar surface area (TPSA) is 45.7 Å². The lowest BCUT2D eigenvalue weighted by atomic mass is 9.77. The highest BCUT2D eigenvalue weighted by atomic mass is 32.1. The highest BCUT2D eigenvalue weighted by Crippen LogP contribution is 2.40. The highest BCUT2D eigenvalue weighted by Gasteiger charge is 2.48. The highest BCUT2D eigenvalue weighted by molar-refractivity contribution is 7.09. The van der Waals surface area contributed by atoms with Crippen LogP contribution >= 0.6 is 11.3 Å². The summed E-state index contributed by atoms with van der Waals surface area (Å²) in [4.78, 5) is 21.8. The first kappa shape index (κ1) is 19.6. The van der Waals surface area contributed by atoms with E-state index in [0.29, 0.717) is 0 Å². The molecule has 0 aliphatic carbocycles. The lowest BCUT2D eigenvalue weighted by Crippen LogP contribution is -2.67. The Kier molecular flexibility index (Phi) is 5.12. The van der Waals surface area contributed by atoms with E-state index in [1.54, 1.807) is 11.3 Å². The van der Waals surface area contributed by atoms with Crippen LogP contribution in [0.15, 0.2) is 5.38 Å². The molecule has 0 bridgehead atoms. The molecule has 0 unspecified atom stereocenters. The Morgan fingerprint density at radius 2 is 1.96 bits per heavy atom. The van der Waals surface area contributed by atoms with Crippen LogP contribution in [0.2, 0.25) is 0 Å². The van der Waals surface area contributed by atoms with Gasteiger partial charge in [0.05, 0.1) is 10.7 Å². The molecule has 5 nitrogen and oxygen atoms in total. The van der Waals surface area contributed by atoms with Gasteiger partial charge in [0.25, 0.3) is 0 Å². The second kappa shape index (κ2) is 6.79. The second-order valence-electron chi connectivity index (χ2n) is 9.80. The molecular formula is C20H33N3O2S. The molecule has 0 radical (unpaired) electrons. The summed E-state index contributed by atoms with van der Waals surface area (Å²) in [5, 5.41) is 3.39. The average molecular weight is 380 g/mol. The number of carbonyl (C=O) groups excluding carboxylic acids is 1. The molecule has 2 fully saturated rings. The number of piperidine rings is 1. The normalized spacial score (nSPS) is 24.6. The number of nitrogens with zero attached hydrogens (tertiary/aromatic N) is 3. The van der Waals surface area contributed by atoms with Crippen LogP contribution in [0.3, 0.4) is 0 Å². The number of rotatable bonds is 2. The van der Waals surface area contributed by atoms with Crippen LogP contribution in [0.1, 0.15) is 71.5 Å². The summed E-state index contributed by atoms with van der Waals surface area (Å²) in [5.74, 6) is 0.